The Morgan fingerprint density at radius 3 is 2.71 bits per heavy atom. The van der Waals surface area contributed by atoms with Crippen molar-refractivity contribution in [3.8, 4) is 11.5 Å². The van der Waals surface area contributed by atoms with Gasteiger partial charge >= 0.3 is 0 Å². The highest BCUT2D eigenvalue weighted by Crippen LogP contribution is 2.48. The van der Waals surface area contributed by atoms with E-state index in [2.05, 4.69) is 16.0 Å². The molecule has 2 aromatic carbocycles. The number of carbonyl (C=O) groups is 2. The van der Waals surface area contributed by atoms with Crippen LogP contribution in [0, 0.1) is 11.7 Å². The number of anilines is 2. The van der Waals surface area contributed by atoms with Crippen molar-refractivity contribution in [1.82, 2.24) is 5.32 Å². The van der Waals surface area contributed by atoms with Crippen molar-refractivity contribution >= 4 is 23.2 Å². The molecular weight excluding hydrogens is 405 g/mol. The molecule has 2 heterocycles. The first kappa shape index (κ1) is 21.1. The number of amides is 2. The largest absolute Gasteiger partial charge is 0.497 e. The average molecular weight is 429 g/mol. The quantitative estimate of drug-likeness (QED) is 0.579. The normalized spacial score (nSPS) is 25.1. The minimum atomic E-state index is -1.50. The second-order valence-corrected chi connectivity index (χ2v) is 7.79. The molecule has 1 saturated heterocycles. The van der Waals surface area contributed by atoms with Crippen molar-refractivity contribution in [3.05, 3.63) is 47.8 Å². The molecule has 4 rings (SSSR count). The van der Waals surface area contributed by atoms with Crippen LogP contribution in [0.1, 0.15) is 18.9 Å². The lowest BCUT2D eigenvalue weighted by molar-refractivity contribution is -0.130. The summed E-state index contributed by atoms with van der Waals surface area (Å²) in [5.74, 6) is -1.42. The average Bonchev–Trinajstić information content (AvgIpc) is 3.28. The number of benzene rings is 2. The first-order valence-electron chi connectivity index (χ1n) is 9.90. The summed E-state index contributed by atoms with van der Waals surface area (Å²) in [7, 11) is 2.98. The number of nitrogens with one attached hydrogen (secondary N) is 3. The zero-order valence-corrected chi connectivity index (χ0v) is 17.4. The molecule has 4 atom stereocenters. The first-order valence-corrected chi connectivity index (χ1v) is 9.90. The highest BCUT2D eigenvalue weighted by Gasteiger charge is 2.60. The molecule has 9 heteroatoms. The number of ether oxygens (including phenoxy) is 2. The number of carbonyl (C=O) groups excluding carboxylic acids is 2. The summed E-state index contributed by atoms with van der Waals surface area (Å²) in [5.41, 5.74) is -0.351. The third kappa shape index (κ3) is 3.39. The Morgan fingerprint density at radius 2 is 2.03 bits per heavy atom. The Balaban J connectivity index is 1.75. The van der Waals surface area contributed by atoms with Gasteiger partial charge in [-0.1, -0.05) is 0 Å². The molecule has 0 aromatic heterocycles. The Hall–Kier alpha value is -3.17. The lowest BCUT2D eigenvalue weighted by Gasteiger charge is -2.29. The highest BCUT2D eigenvalue weighted by atomic mass is 19.1. The number of fused-ring (bicyclic) bond motifs is 2. The van der Waals surface area contributed by atoms with Crippen LogP contribution in [-0.2, 0) is 15.1 Å². The molecule has 0 radical (unpaired) electrons. The Kier molecular flexibility index (Phi) is 5.32. The summed E-state index contributed by atoms with van der Waals surface area (Å²) in [6, 6.07) is 8.38. The summed E-state index contributed by atoms with van der Waals surface area (Å²) in [6.07, 6.45) is -0.648. The summed E-state index contributed by atoms with van der Waals surface area (Å²) < 4.78 is 24.6. The molecule has 2 aliphatic heterocycles. The zero-order chi connectivity index (χ0) is 22.3. The van der Waals surface area contributed by atoms with Crippen LogP contribution in [0.4, 0.5) is 15.8 Å². The van der Waals surface area contributed by atoms with E-state index in [1.807, 2.05) is 0 Å². The molecule has 2 amide bonds. The minimum absolute atomic E-state index is 0.180. The molecule has 2 aliphatic rings. The molecule has 0 aliphatic carbocycles. The van der Waals surface area contributed by atoms with Gasteiger partial charge in [0.25, 0.3) is 0 Å². The lowest BCUT2D eigenvalue weighted by atomic mass is 9.79. The Labute approximate surface area is 178 Å². The third-order valence-electron chi connectivity index (χ3n) is 6.00. The lowest BCUT2D eigenvalue weighted by Crippen LogP contribution is -2.53. The predicted octanol–water partition coefficient (Wildman–Crippen LogP) is 1.99. The fourth-order valence-corrected chi connectivity index (χ4v) is 4.42. The molecule has 0 bridgehead atoms. The van der Waals surface area contributed by atoms with E-state index in [4.69, 9.17) is 9.47 Å². The van der Waals surface area contributed by atoms with E-state index in [-0.39, 0.29) is 6.42 Å². The van der Waals surface area contributed by atoms with Crippen molar-refractivity contribution < 1.29 is 28.6 Å². The summed E-state index contributed by atoms with van der Waals surface area (Å²) in [4.78, 5) is 26.6. The van der Waals surface area contributed by atoms with Crippen LogP contribution in [0.25, 0.3) is 0 Å². The summed E-state index contributed by atoms with van der Waals surface area (Å²) in [6.45, 7) is 1.58. The number of aliphatic hydroxyl groups is 1. The Morgan fingerprint density at radius 1 is 1.26 bits per heavy atom. The van der Waals surface area contributed by atoms with E-state index < -0.39 is 41.2 Å². The number of halogens is 1. The number of methoxy groups -OCH3 is 2. The highest BCUT2D eigenvalue weighted by molar-refractivity contribution is 6.10. The second kappa shape index (κ2) is 7.82. The summed E-state index contributed by atoms with van der Waals surface area (Å²) >= 11 is 0. The van der Waals surface area contributed by atoms with Gasteiger partial charge in [0.2, 0.25) is 11.8 Å². The van der Waals surface area contributed by atoms with Gasteiger partial charge in [0.05, 0.1) is 31.9 Å². The smallest absolute Gasteiger partial charge is 0.250 e. The van der Waals surface area contributed by atoms with Gasteiger partial charge in [-0.15, -0.1) is 0 Å². The minimum Gasteiger partial charge on any atom is -0.497 e. The van der Waals surface area contributed by atoms with Crippen molar-refractivity contribution in [2.24, 2.45) is 5.92 Å². The van der Waals surface area contributed by atoms with Gasteiger partial charge in [-0.05, 0) is 43.7 Å². The molecule has 8 nitrogen and oxygen atoms in total. The van der Waals surface area contributed by atoms with Gasteiger partial charge in [0.15, 0.2) is 0 Å². The molecule has 4 unspecified atom stereocenters. The molecular formula is C22H24FN3O5. The zero-order valence-electron chi connectivity index (χ0n) is 17.4. The molecule has 164 valence electrons. The second-order valence-electron chi connectivity index (χ2n) is 7.79. The van der Waals surface area contributed by atoms with Crippen LogP contribution in [0.5, 0.6) is 11.5 Å². The summed E-state index contributed by atoms with van der Waals surface area (Å²) in [5, 5.41) is 18.9. The fraction of sp³-hybridized carbons (Fsp3) is 0.364. The fourth-order valence-electron chi connectivity index (χ4n) is 4.42. The van der Waals surface area contributed by atoms with E-state index >= 15 is 0 Å². The predicted molar refractivity (Wildman–Crippen MR) is 112 cm³/mol. The SMILES string of the molecule is COc1ccc(OC)c(NC(=O)C2CC(C(C)O)NC23C(=O)Nc2ccc(F)cc23)c1. The van der Waals surface area contributed by atoms with Crippen LogP contribution in [0.3, 0.4) is 0 Å². The maximum Gasteiger partial charge on any atom is 0.250 e. The number of aliphatic hydroxyl groups excluding tert-OH is 1. The molecule has 2 aromatic rings. The molecule has 0 saturated carbocycles. The first-order chi connectivity index (χ1) is 14.8. The van der Waals surface area contributed by atoms with Crippen molar-refractivity contribution in [2.75, 3.05) is 24.9 Å². The molecule has 4 N–H and O–H groups in total. The van der Waals surface area contributed by atoms with Crippen LogP contribution < -0.4 is 25.4 Å². The van der Waals surface area contributed by atoms with E-state index in [1.54, 1.807) is 25.1 Å². The van der Waals surface area contributed by atoms with Crippen molar-refractivity contribution in [1.29, 1.82) is 0 Å². The van der Waals surface area contributed by atoms with Gasteiger partial charge < -0.3 is 25.2 Å². The van der Waals surface area contributed by atoms with Crippen LogP contribution in [0.2, 0.25) is 0 Å². The van der Waals surface area contributed by atoms with Gasteiger partial charge in [0, 0.05) is 23.4 Å². The number of rotatable bonds is 5. The van der Waals surface area contributed by atoms with Crippen LogP contribution in [-0.4, -0.2) is 43.3 Å². The van der Waals surface area contributed by atoms with Gasteiger partial charge in [-0.25, -0.2) is 4.39 Å². The third-order valence-corrected chi connectivity index (χ3v) is 6.00. The van der Waals surface area contributed by atoms with Crippen molar-refractivity contribution in [3.63, 3.8) is 0 Å². The number of hydrogen-bond acceptors (Lipinski definition) is 6. The van der Waals surface area contributed by atoms with Gasteiger partial charge in [-0.3, -0.25) is 14.9 Å². The van der Waals surface area contributed by atoms with Crippen LogP contribution in [0.15, 0.2) is 36.4 Å². The van der Waals surface area contributed by atoms with Gasteiger partial charge in [0.1, 0.15) is 22.9 Å². The number of hydrogen-bond donors (Lipinski definition) is 4. The standard InChI is InChI=1S/C22H24FN3O5/c1-11(27)17-10-15(20(28)24-18-9-13(30-2)5-7-19(18)31-3)22(26-17)14-8-12(23)4-6-16(14)25-21(22)29/h4-9,11,15,17,26-27H,10H2,1-3H3,(H,24,28)(H,25,29). The maximum absolute atomic E-state index is 14.1. The van der Waals surface area contributed by atoms with Gasteiger partial charge in [-0.2, -0.15) is 0 Å². The molecule has 1 fully saturated rings. The maximum atomic E-state index is 14.1. The van der Waals surface area contributed by atoms with E-state index in [1.165, 1.54) is 32.4 Å². The van der Waals surface area contributed by atoms with Crippen molar-refractivity contribution in [2.45, 2.75) is 31.0 Å². The molecule has 1 spiro atoms. The monoisotopic (exact) mass is 429 g/mol. The van der Waals surface area contributed by atoms with E-state index in [9.17, 15) is 19.1 Å². The topological polar surface area (TPSA) is 109 Å². The molecule has 31 heavy (non-hydrogen) atoms. The Bertz CT molecular complexity index is 1040. The van der Waals surface area contributed by atoms with Crippen LogP contribution >= 0.6 is 0 Å². The van der Waals surface area contributed by atoms with E-state index in [0.29, 0.717) is 28.4 Å². The van der Waals surface area contributed by atoms with E-state index in [0.717, 1.165) is 0 Å².